The van der Waals surface area contributed by atoms with Crippen LogP contribution in [0.25, 0.3) is 11.6 Å². The summed E-state index contributed by atoms with van der Waals surface area (Å²) in [5.41, 5.74) is 4.87. The molecule has 202 valence electrons. The molecule has 7 heteroatoms. The number of hydrogen-bond donors (Lipinski definition) is 1. The van der Waals surface area contributed by atoms with Gasteiger partial charge in [-0.1, -0.05) is 77.4 Å². The SMILES string of the molecule is COc1ccc(\C=C2/OC(=C(/Cc3ccccc3Cl)c3ccc(OCc4ccccc4OC)cc3)/C2=N/O)cc1. The molecule has 0 unspecified atom stereocenters. The molecule has 0 atom stereocenters. The quantitative estimate of drug-likeness (QED) is 0.169. The minimum Gasteiger partial charge on any atom is -0.497 e. The largest absolute Gasteiger partial charge is 0.497 e. The molecule has 1 aliphatic heterocycles. The fourth-order valence-corrected chi connectivity index (χ4v) is 4.60. The Morgan fingerprint density at radius 2 is 1.50 bits per heavy atom. The Kier molecular flexibility index (Phi) is 8.38. The van der Waals surface area contributed by atoms with Crippen LogP contribution in [-0.2, 0) is 17.8 Å². The van der Waals surface area contributed by atoms with E-state index >= 15 is 0 Å². The number of oxime groups is 1. The summed E-state index contributed by atoms with van der Waals surface area (Å²) in [6, 6.07) is 30.7. The van der Waals surface area contributed by atoms with Gasteiger partial charge in [-0.05, 0) is 59.2 Å². The lowest BCUT2D eigenvalue weighted by molar-refractivity contribution is 0.276. The average molecular weight is 554 g/mol. The van der Waals surface area contributed by atoms with Crippen LogP contribution in [0, 0.1) is 0 Å². The number of benzene rings is 4. The Morgan fingerprint density at radius 1 is 0.825 bits per heavy atom. The van der Waals surface area contributed by atoms with E-state index in [2.05, 4.69) is 5.16 Å². The van der Waals surface area contributed by atoms with Gasteiger partial charge in [-0.2, -0.15) is 0 Å². The molecule has 0 saturated carbocycles. The molecule has 1 saturated heterocycles. The summed E-state index contributed by atoms with van der Waals surface area (Å²) in [5, 5.41) is 14.1. The van der Waals surface area contributed by atoms with Gasteiger partial charge < -0.3 is 24.2 Å². The van der Waals surface area contributed by atoms with E-state index in [0.29, 0.717) is 41.0 Å². The lowest BCUT2D eigenvalue weighted by atomic mass is 9.93. The molecular formula is C33H28ClNO5. The summed E-state index contributed by atoms with van der Waals surface area (Å²) < 4.78 is 22.8. The number of allylic oxidation sites excluding steroid dienone is 1. The van der Waals surface area contributed by atoms with Crippen molar-refractivity contribution in [3.05, 3.63) is 136 Å². The van der Waals surface area contributed by atoms with Crippen LogP contribution in [-0.4, -0.2) is 25.1 Å². The summed E-state index contributed by atoms with van der Waals surface area (Å²) in [6.45, 7) is 0.376. The molecule has 1 N–H and O–H groups in total. The molecule has 0 amide bonds. The highest BCUT2D eigenvalue weighted by molar-refractivity contribution is 6.31. The molecule has 5 rings (SSSR count). The van der Waals surface area contributed by atoms with Crippen molar-refractivity contribution >= 4 is 29.0 Å². The van der Waals surface area contributed by atoms with Gasteiger partial charge in [0.15, 0.2) is 17.2 Å². The van der Waals surface area contributed by atoms with Crippen LogP contribution in [0.4, 0.5) is 0 Å². The Balaban J connectivity index is 1.43. The summed E-state index contributed by atoms with van der Waals surface area (Å²) >= 11 is 6.51. The van der Waals surface area contributed by atoms with E-state index in [1.807, 2.05) is 103 Å². The van der Waals surface area contributed by atoms with Crippen molar-refractivity contribution in [3.63, 3.8) is 0 Å². The minimum atomic E-state index is 0.370. The topological polar surface area (TPSA) is 69.5 Å². The molecule has 0 bridgehead atoms. The van der Waals surface area contributed by atoms with Crippen molar-refractivity contribution in [1.82, 2.24) is 0 Å². The molecule has 0 aliphatic carbocycles. The predicted octanol–water partition coefficient (Wildman–Crippen LogP) is 7.79. The molecule has 0 radical (unpaired) electrons. The summed E-state index contributed by atoms with van der Waals surface area (Å²) in [6.07, 6.45) is 2.30. The first-order valence-electron chi connectivity index (χ1n) is 12.7. The molecular weight excluding hydrogens is 526 g/mol. The van der Waals surface area contributed by atoms with Gasteiger partial charge in [0.1, 0.15) is 23.9 Å². The highest BCUT2D eigenvalue weighted by Gasteiger charge is 2.33. The lowest BCUT2D eigenvalue weighted by Crippen LogP contribution is -2.25. The van der Waals surface area contributed by atoms with E-state index in [0.717, 1.165) is 39.3 Å². The lowest BCUT2D eigenvalue weighted by Gasteiger charge is -2.27. The number of hydrogen-bond acceptors (Lipinski definition) is 6. The molecule has 1 aliphatic rings. The van der Waals surface area contributed by atoms with Crippen molar-refractivity contribution < 1.29 is 24.2 Å². The second-order valence-electron chi connectivity index (χ2n) is 9.03. The number of rotatable bonds is 9. The first-order valence-corrected chi connectivity index (χ1v) is 13.1. The molecule has 0 aromatic heterocycles. The van der Waals surface area contributed by atoms with Crippen molar-refractivity contribution in [2.45, 2.75) is 13.0 Å². The Labute approximate surface area is 238 Å². The van der Waals surface area contributed by atoms with Crippen molar-refractivity contribution in [2.24, 2.45) is 5.16 Å². The number of para-hydroxylation sites is 1. The molecule has 40 heavy (non-hydrogen) atoms. The third-order valence-electron chi connectivity index (χ3n) is 6.56. The molecule has 1 heterocycles. The third kappa shape index (κ3) is 5.98. The smallest absolute Gasteiger partial charge is 0.187 e. The van der Waals surface area contributed by atoms with E-state index in [-0.39, 0.29) is 0 Å². The van der Waals surface area contributed by atoms with Crippen LogP contribution < -0.4 is 14.2 Å². The Hall–Kier alpha value is -4.68. The predicted molar refractivity (Wildman–Crippen MR) is 157 cm³/mol. The second kappa shape index (κ2) is 12.5. The number of methoxy groups -OCH3 is 2. The summed E-state index contributed by atoms with van der Waals surface area (Å²) in [7, 11) is 3.27. The maximum absolute atomic E-state index is 9.93. The van der Waals surface area contributed by atoms with E-state index < -0.39 is 0 Å². The second-order valence-corrected chi connectivity index (χ2v) is 9.44. The van der Waals surface area contributed by atoms with Crippen LogP contribution in [0.1, 0.15) is 22.3 Å². The number of nitrogens with zero attached hydrogens (tertiary/aromatic N) is 1. The van der Waals surface area contributed by atoms with Gasteiger partial charge in [0.05, 0.1) is 14.2 Å². The fraction of sp³-hybridized carbons (Fsp3) is 0.121. The van der Waals surface area contributed by atoms with Gasteiger partial charge in [-0.25, -0.2) is 0 Å². The van der Waals surface area contributed by atoms with Crippen LogP contribution in [0.2, 0.25) is 5.02 Å². The first kappa shape index (κ1) is 26.9. The maximum Gasteiger partial charge on any atom is 0.187 e. The van der Waals surface area contributed by atoms with Crippen LogP contribution in [0.5, 0.6) is 17.2 Å². The highest BCUT2D eigenvalue weighted by Crippen LogP contribution is 2.37. The summed E-state index contributed by atoms with van der Waals surface area (Å²) in [4.78, 5) is 0. The standard InChI is InChI=1S/C33H28ClNO5/c1-37-26-15-11-22(12-16-26)19-31-32(35-36)33(40-31)28(20-24-7-3-5-9-29(24)34)23-13-17-27(18-14-23)39-21-25-8-4-6-10-30(25)38-2/h3-19,36H,20-21H2,1-2H3/b31-19-,33-28-,35-32+. The number of halogens is 1. The van der Waals surface area contributed by atoms with Crippen LogP contribution in [0.15, 0.2) is 114 Å². The van der Waals surface area contributed by atoms with Crippen molar-refractivity contribution in [3.8, 4) is 17.2 Å². The Bertz CT molecular complexity index is 1570. The van der Waals surface area contributed by atoms with E-state index in [4.69, 9.17) is 30.5 Å². The minimum absolute atomic E-state index is 0.370. The van der Waals surface area contributed by atoms with Crippen LogP contribution in [0.3, 0.4) is 0 Å². The monoisotopic (exact) mass is 553 g/mol. The van der Waals surface area contributed by atoms with Gasteiger partial charge in [0.2, 0.25) is 0 Å². The Morgan fingerprint density at radius 3 is 2.17 bits per heavy atom. The zero-order chi connectivity index (χ0) is 27.9. The van der Waals surface area contributed by atoms with Gasteiger partial charge in [0, 0.05) is 22.6 Å². The molecule has 4 aromatic rings. The fourth-order valence-electron chi connectivity index (χ4n) is 4.40. The molecule has 0 spiro atoms. The van der Waals surface area contributed by atoms with Crippen LogP contribution >= 0.6 is 11.6 Å². The average Bonchev–Trinajstić information content (AvgIpc) is 2.99. The highest BCUT2D eigenvalue weighted by atomic mass is 35.5. The van der Waals surface area contributed by atoms with Gasteiger partial charge >= 0.3 is 0 Å². The zero-order valence-electron chi connectivity index (χ0n) is 22.1. The van der Waals surface area contributed by atoms with Crippen molar-refractivity contribution in [1.29, 1.82) is 0 Å². The molecule has 4 aromatic carbocycles. The van der Waals surface area contributed by atoms with Gasteiger partial charge in [-0.3, -0.25) is 0 Å². The third-order valence-corrected chi connectivity index (χ3v) is 6.93. The first-order chi connectivity index (χ1) is 19.6. The molecule has 6 nitrogen and oxygen atoms in total. The zero-order valence-corrected chi connectivity index (χ0v) is 22.9. The van der Waals surface area contributed by atoms with E-state index in [1.165, 1.54) is 0 Å². The van der Waals surface area contributed by atoms with Gasteiger partial charge in [-0.15, -0.1) is 0 Å². The summed E-state index contributed by atoms with van der Waals surface area (Å²) in [5.74, 6) is 3.20. The maximum atomic E-state index is 9.93. The number of ether oxygens (including phenoxy) is 4. The molecule has 1 fully saturated rings. The van der Waals surface area contributed by atoms with Crippen molar-refractivity contribution in [2.75, 3.05) is 14.2 Å². The van der Waals surface area contributed by atoms with Gasteiger partial charge in [0.25, 0.3) is 0 Å². The normalized spacial score (nSPS) is 15.8. The van der Waals surface area contributed by atoms with E-state index in [9.17, 15) is 5.21 Å². The van der Waals surface area contributed by atoms with E-state index in [1.54, 1.807) is 14.2 Å².